The highest BCUT2D eigenvalue weighted by Gasteiger charge is 2.28. The molecule has 0 bridgehead atoms. The third-order valence-corrected chi connectivity index (χ3v) is 6.33. The summed E-state index contributed by atoms with van der Waals surface area (Å²) < 4.78 is 5.79. The van der Waals surface area contributed by atoms with Crippen molar-refractivity contribution < 1.29 is 14.3 Å². The van der Waals surface area contributed by atoms with E-state index in [4.69, 9.17) is 4.74 Å². The Bertz CT molecular complexity index is 979. The molecule has 31 heavy (non-hydrogen) atoms. The van der Waals surface area contributed by atoms with Crippen molar-refractivity contribution in [3.63, 3.8) is 0 Å². The molecule has 164 valence electrons. The molecule has 0 saturated carbocycles. The molecule has 7 nitrogen and oxygen atoms in total. The zero-order valence-electron chi connectivity index (χ0n) is 18.1. The van der Waals surface area contributed by atoms with Crippen LogP contribution < -0.4 is 5.32 Å². The number of rotatable bonds is 5. The number of benzene rings is 1. The fourth-order valence-electron chi connectivity index (χ4n) is 4.34. The number of thiazole rings is 1. The summed E-state index contributed by atoms with van der Waals surface area (Å²) in [6, 6.07) is 7.53. The molecule has 0 aliphatic carbocycles. The van der Waals surface area contributed by atoms with Crippen molar-refractivity contribution >= 4 is 34.4 Å². The van der Waals surface area contributed by atoms with Crippen molar-refractivity contribution in [2.75, 3.05) is 18.4 Å². The fourth-order valence-corrected chi connectivity index (χ4v) is 5.06. The number of nitrogens with zero attached hydrogens (tertiary/aromatic N) is 3. The molecule has 3 heterocycles. The Morgan fingerprint density at radius 3 is 2.71 bits per heavy atom. The van der Waals surface area contributed by atoms with Crippen LogP contribution in [0.1, 0.15) is 50.1 Å². The van der Waals surface area contributed by atoms with E-state index >= 15 is 0 Å². The van der Waals surface area contributed by atoms with E-state index in [1.165, 1.54) is 18.3 Å². The molecule has 0 radical (unpaired) electrons. The molecule has 1 N–H and O–H groups in total. The highest BCUT2D eigenvalue weighted by atomic mass is 32.1. The molecule has 2 aliphatic rings. The van der Waals surface area contributed by atoms with Gasteiger partial charge in [0.1, 0.15) is 0 Å². The maximum atomic E-state index is 12.8. The van der Waals surface area contributed by atoms with E-state index in [0.29, 0.717) is 5.13 Å². The van der Waals surface area contributed by atoms with E-state index in [1.54, 1.807) is 11.1 Å². The van der Waals surface area contributed by atoms with Gasteiger partial charge in [0.15, 0.2) is 5.13 Å². The summed E-state index contributed by atoms with van der Waals surface area (Å²) in [5.74, 6) is -0.245. The number of aromatic nitrogens is 1. The number of nitrogens with one attached hydrogen (secondary N) is 1. The van der Waals surface area contributed by atoms with Gasteiger partial charge in [0.25, 0.3) is 0 Å². The quantitative estimate of drug-likeness (QED) is 0.768. The maximum Gasteiger partial charge on any atom is 0.228 e. The topological polar surface area (TPSA) is 74.8 Å². The lowest BCUT2D eigenvalue weighted by molar-refractivity contribution is -0.129. The van der Waals surface area contributed by atoms with Crippen LogP contribution in [-0.2, 0) is 20.9 Å². The van der Waals surface area contributed by atoms with Gasteiger partial charge in [-0.1, -0.05) is 24.3 Å². The number of morpholine rings is 1. The van der Waals surface area contributed by atoms with Gasteiger partial charge in [-0.25, -0.2) is 4.98 Å². The first-order valence-electron chi connectivity index (χ1n) is 10.6. The molecular formula is C23H28N4O3S. The van der Waals surface area contributed by atoms with Crippen molar-refractivity contribution in [2.24, 2.45) is 0 Å². The molecule has 0 spiro atoms. The summed E-state index contributed by atoms with van der Waals surface area (Å²) in [7, 11) is 0. The largest absolute Gasteiger partial charge is 0.373 e. The van der Waals surface area contributed by atoms with E-state index in [2.05, 4.69) is 29.0 Å². The second-order valence-electron chi connectivity index (χ2n) is 8.23. The van der Waals surface area contributed by atoms with Gasteiger partial charge in [-0.15, -0.1) is 11.3 Å². The third-order valence-electron chi connectivity index (χ3n) is 5.53. The molecule has 3 atom stereocenters. The molecule has 3 unspecified atom stereocenters. The van der Waals surface area contributed by atoms with E-state index in [-0.39, 0.29) is 36.5 Å². The molecule has 2 aliphatic heterocycles. The summed E-state index contributed by atoms with van der Waals surface area (Å²) in [6.07, 6.45) is 4.25. The van der Waals surface area contributed by atoms with Crippen molar-refractivity contribution in [2.45, 2.75) is 52.0 Å². The van der Waals surface area contributed by atoms with Crippen molar-refractivity contribution in [3.05, 3.63) is 52.7 Å². The molecule has 1 aromatic carbocycles. The molecule has 2 aromatic rings. The van der Waals surface area contributed by atoms with Crippen LogP contribution >= 0.6 is 11.3 Å². The van der Waals surface area contributed by atoms with E-state index in [1.807, 2.05) is 35.7 Å². The number of anilines is 1. The van der Waals surface area contributed by atoms with Crippen LogP contribution in [0.4, 0.5) is 5.13 Å². The van der Waals surface area contributed by atoms with Gasteiger partial charge in [-0.3, -0.25) is 14.5 Å². The second kappa shape index (κ2) is 9.30. The zero-order valence-corrected chi connectivity index (χ0v) is 18.9. The lowest BCUT2D eigenvalue weighted by atomic mass is 9.93. The van der Waals surface area contributed by atoms with Gasteiger partial charge in [0.2, 0.25) is 11.8 Å². The highest BCUT2D eigenvalue weighted by Crippen LogP contribution is 2.33. The smallest absolute Gasteiger partial charge is 0.228 e. The van der Waals surface area contributed by atoms with Crippen LogP contribution in [0, 0.1) is 0 Å². The van der Waals surface area contributed by atoms with Gasteiger partial charge >= 0.3 is 0 Å². The van der Waals surface area contributed by atoms with Gasteiger partial charge in [-0.2, -0.15) is 0 Å². The zero-order chi connectivity index (χ0) is 22.0. The van der Waals surface area contributed by atoms with Gasteiger partial charge in [-0.05, 0) is 31.1 Å². The predicted molar refractivity (Wildman–Crippen MR) is 121 cm³/mol. The SMILES string of the molecule is CC(=O)N1C=Cc2ccccc2C1CC(=O)Nc1nc(CN2CC(C)OC(C)C2)cs1. The van der Waals surface area contributed by atoms with Gasteiger partial charge in [0.05, 0.1) is 30.4 Å². The van der Waals surface area contributed by atoms with Crippen LogP contribution in [0.25, 0.3) is 6.08 Å². The predicted octanol–water partition coefficient (Wildman–Crippen LogP) is 3.66. The standard InChI is InChI=1S/C23H28N4O3S/c1-15-11-26(12-16(2)30-15)13-19-14-31-23(24-19)25-22(29)10-21-20-7-5-4-6-18(20)8-9-27(21)17(3)28/h4-9,14-16,21H,10-13H2,1-3H3,(H,24,25,29). The summed E-state index contributed by atoms with van der Waals surface area (Å²) in [6.45, 7) is 8.17. The van der Waals surface area contributed by atoms with Crippen LogP contribution in [0.5, 0.6) is 0 Å². The third kappa shape index (κ3) is 5.20. The Morgan fingerprint density at radius 1 is 1.23 bits per heavy atom. The molecule has 8 heteroatoms. The van der Waals surface area contributed by atoms with E-state index < -0.39 is 0 Å². The summed E-state index contributed by atoms with van der Waals surface area (Å²) in [4.78, 5) is 33.5. The van der Waals surface area contributed by atoms with Crippen LogP contribution in [0.15, 0.2) is 35.8 Å². The van der Waals surface area contributed by atoms with Crippen molar-refractivity contribution in [1.82, 2.24) is 14.8 Å². The first-order chi connectivity index (χ1) is 14.9. The maximum absolute atomic E-state index is 12.8. The molecule has 1 fully saturated rings. The number of fused-ring (bicyclic) bond motifs is 1. The van der Waals surface area contributed by atoms with Crippen molar-refractivity contribution in [3.8, 4) is 0 Å². The Kier molecular flexibility index (Phi) is 6.50. The summed E-state index contributed by atoms with van der Waals surface area (Å²) >= 11 is 1.43. The lowest BCUT2D eigenvalue weighted by Gasteiger charge is -2.34. The van der Waals surface area contributed by atoms with Crippen LogP contribution in [0.2, 0.25) is 0 Å². The molecule has 1 aromatic heterocycles. The molecule has 1 saturated heterocycles. The Balaban J connectivity index is 1.40. The number of amides is 2. The second-order valence-corrected chi connectivity index (χ2v) is 9.09. The number of hydrogen-bond acceptors (Lipinski definition) is 6. The Labute approximate surface area is 186 Å². The first-order valence-corrected chi connectivity index (χ1v) is 11.4. The number of ether oxygens (including phenoxy) is 1. The normalized spacial score (nSPS) is 23.5. The molecular weight excluding hydrogens is 412 g/mol. The van der Waals surface area contributed by atoms with E-state index in [9.17, 15) is 9.59 Å². The minimum Gasteiger partial charge on any atom is -0.373 e. The summed E-state index contributed by atoms with van der Waals surface area (Å²) in [5, 5.41) is 5.49. The number of hydrogen-bond donors (Lipinski definition) is 1. The van der Waals surface area contributed by atoms with Crippen molar-refractivity contribution in [1.29, 1.82) is 0 Å². The Hall–Kier alpha value is -2.55. The Morgan fingerprint density at radius 2 is 1.97 bits per heavy atom. The van der Waals surface area contributed by atoms with Gasteiger partial charge < -0.3 is 15.0 Å². The molecule has 4 rings (SSSR count). The fraction of sp³-hybridized carbons (Fsp3) is 0.435. The van der Waals surface area contributed by atoms with E-state index in [0.717, 1.165) is 36.5 Å². The van der Waals surface area contributed by atoms with Crippen LogP contribution in [-0.4, -0.2) is 51.9 Å². The number of carbonyl (C=O) groups excluding carboxylic acids is 2. The first kappa shape index (κ1) is 21.7. The summed E-state index contributed by atoms with van der Waals surface area (Å²) in [5.41, 5.74) is 2.95. The lowest BCUT2D eigenvalue weighted by Crippen LogP contribution is -2.44. The minimum atomic E-state index is -0.325. The molecule has 2 amide bonds. The highest BCUT2D eigenvalue weighted by molar-refractivity contribution is 7.13. The average Bonchev–Trinajstić information content (AvgIpc) is 3.13. The van der Waals surface area contributed by atoms with Gasteiger partial charge in [0, 0.05) is 38.1 Å². The minimum absolute atomic E-state index is 0.0888. The van der Waals surface area contributed by atoms with Crippen LogP contribution in [0.3, 0.4) is 0 Å². The average molecular weight is 441 g/mol. The number of carbonyl (C=O) groups is 2. The monoisotopic (exact) mass is 440 g/mol.